The van der Waals surface area contributed by atoms with E-state index in [0.29, 0.717) is 37.4 Å². The molecule has 1 N–H and O–H groups in total. The number of amides is 1. The minimum atomic E-state index is -1.21. The normalized spacial score (nSPS) is 16.6. The molecule has 1 atom stereocenters. The quantitative estimate of drug-likeness (QED) is 0.921. The average Bonchev–Trinajstić information content (AvgIpc) is 2.87. The summed E-state index contributed by atoms with van der Waals surface area (Å²) < 4.78 is 13.3. The molecule has 1 aliphatic heterocycles. The third kappa shape index (κ3) is 3.68. The maximum atomic E-state index is 13.3. The molecule has 0 aromatic carbocycles. The van der Waals surface area contributed by atoms with Crippen LogP contribution in [0.2, 0.25) is 0 Å². The molecule has 1 unspecified atom stereocenters. The Morgan fingerprint density at radius 1 is 1.17 bits per heavy atom. The predicted molar refractivity (Wildman–Crippen MR) is 86.8 cm³/mol. The van der Waals surface area contributed by atoms with Crippen LogP contribution in [0.25, 0.3) is 0 Å². The van der Waals surface area contributed by atoms with Crippen LogP contribution in [0.15, 0.2) is 43.0 Å². The van der Waals surface area contributed by atoms with Crippen LogP contribution < -0.4 is 4.90 Å². The van der Waals surface area contributed by atoms with Crippen LogP contribution in [0, 0.1) is 5.82 Å². The lowest BCUT2D eigenvalue weighted by atomic mass is 10.1. The Labute approximate surface area is 139 Å². The molecule has 126 valence electrons. The van der Waals surface area contributed by atoms with Crippen molar-refractivity contribution in [2.24, 2.45) is 0 Å². The molecule has 0 bridgehead atoms. The zero-order chi connectivity index (χ0) is 16.9. The van der Waals surface area contributed by atoms with Crippen LogP contribution in [0.5, 0.6) is 0 Å². The van der Waals surface area contributed by atoms with E-state index >= 15 is 0 Å². The van der Waals surface area contributed by atoms with Gasteiger partial charge < -0.3 is 14.9 Å². The van der Waals surface area contributed by atoms with Crippen molar-refractivity contribution in [3.05, 3.63) is 54.4 Å². The lowest BCUT2D eigenvalue weighted by Gasteiger charge is -2.25. The average molecular weight is 330 g/mol. The van der Waals surface area contributed by atoms with Crippen molar-refractivity contribution in [3.8, 4) is 0 Å². The third-order valence-electron chi connectivity index (χ3n) is 4.10. The fourth-order valence-electron chi connectivity index (χ4n) is 2.82. The summed E-state index contributed by atoms with van der Waals surface area (Å²) >= 11 is 0. The number of aromatic nitrogens is 2. The Balaban J connectivity index is 1.66. The Hall–Kier alpha value is -2.54. The second-order valence-corrected chi connectivity index (χ2v) is 5.72. The third-order valence-corrected chi connectivity index (χ3v) is 4.10. The summed E-state index contributed by atoms with van der Waals surface area (Å²) in [5.74, 6) is -0.709. The zero-order valence-corrected chi connectivity index (χ0v) is 13.2. The van der Waals surface area contributed by atoms with Gasteiger partial charge in [0.2, 0.25) is 0 Å². The monoisotopic (exact) mass is 330 g/mol. The van der Waals surface area contributed by atoms with Crippen molar-refractivity contribution in [1.82, 2.24) is 14.9 Å². The molecular formula is C17H19FN4O2. The maximum Gasteiger partial charge on any atom is 0.256 e. The molecule has 3 heterocycles. The fourth-order valence-corrected chi connectivity index (χ4v) is 2.82. The van der Waals surface area contributed by atoms with Gasteiger partial charge in [0.1, 0.15) is 5.82 Å². The first-order valence-electron chi connectivity index (χ1n) is 7.87. The van der Waals surface area contributed by atoms with Gasteiger partial charge in [0, 0.05) is 50.2 Å². The van der Waals surface area contributed by atoms with Gasteiger partial charge >= 0.3 is 0 Å². The first-order valence-corrected chi connectivity index (χ1v) is 7.87. The van der Waals surface area contributed by atoms with Gasteiger partial charge in [0.05, 0.1) is 18.1 Å². The van der Waals surface area contributed by atoms with E-state index in [4.69, 9.17) is 0 Å². The highest BCUT2D eigenvalue weighted by Crippen LogP contribution is 2.19. The SMILES string of the molecule is O=C(C(O)c1cccnc1)N1CCCN(c2cncc(F)c2)CC1. The molecule has 0 saturated carbocycles. The maximum absolute atomic E-state index is 13.3. The highest BCUT2D eigenvalue weighted by molar-refractivity contribution is 5.82. The Bertz CT molecular complexity index is 698. The molecule has 3 rings (SSSR count). The van der Waals surface area contributed by atoms with Crippen LogP contribution in [-0.4, -0.2) is 52.1 Å². The molecule has 0 radical (unpaired) electrons. The van der Waals surface area contributed by atoms with E-state index < -0.39 is 6.10 Å². The number of anilines is 1. The Kier molecular flexibility index (Phi) is 5.00. The second kappa shape index (κ2) is 7.35. The molecule has 2 aromatic rings. The lowest BCUT2D eigenvalue weighted by Crippen LogP contribution is -2.38. The number of carbonyl (C=O) groups excluding carboxylic acids is 1. The molecule has 1 amide bonds. The van der Waals surface area contributed by atoms with Crippen molar-refractivity contribution in [2.45, 2.75) is 12.5 Å². The van der Waals surface area contributed by atoms with E-state index in [1.807, 2.05) is 4.90 Å². The summed E-state index contributed by atoms with van der Waals surface area (Å²) in [5, 5.41) is 10.2. The van der Waals surface area contributed by atoms with Gasteiger partial charge in [-0.2, -0.15) is 0 Å². The Morgan fingerprint density at radius 3 is 2.79 bits per heavy atom. The van der Waals surface area contributed by atoms with Gasteiger partial charge in [-0.15, -0.1) is 0 Å². The topological polar surface area (TPSA) is 69.6 Å². The van der Waals surface area contributed by atoms with Crippen LogP contribution >= 0.6 is 0 Å². The van der Waals surface area contributed by atoms with E-state index in [0.717, 1.165) is 6.42 Å². The minimum absolute atomic E-state index is 0.331. The van der Waals surface area contributed by atoms with Crippen molar-refractivity contribution in [1.29, 1.82) is 0 Å². The van der Waals surface area contributed by atoms with Gasteiger partial charge in [-0.1, -0.05) is 6.07 Å². The van der Waals surface area contributed by atoms with Crippen molar-refractivity contribution < 1.29 is 14.3 Å². The highest BCUT2D eigenvalue weighted by atomic mass is 19.1. The second-order valence-electron chi connectivity index (χ2n) is 5.72. The van der Waals surface area contributed by atoms with Gasteiger partial charge in [-0.3, -0.25) is 14.8 Å². The zero-order valence-electron chi connectivity index (χ0n) is 13.2. The molecule has 0 aliphatic carbocycles. The molecule has 2 aromatic heterocycles. The smallest absolute Gasteiger partial charge is 0.256 e. The van der Waals surface area contributed by atoms with Crippen molar-refractivity contribution in [3.63, 3.8) is 0 Å². The number of aliphatic hydroxyl groups excluding tert-OH is 1. The number of carbonyl (C=O) groups is 1. The molecule has 1 fully saturated rings. The van der Waals surface area contributed by atoms with E-state index in [1.165, 1.54) is 18.5 Å². The molecular weight excluding hydrogens is 311 g/mol. The molecule has 24 heavy (non-hydrogen) atoms. The number of rotatable bonds is 3. The van der Waals surface area contributed by atoms with Gasteiger partial charge in [-0.25, -0.2) is 4.39 Å². The molecule has 0 spiro atoms. The van der Waals surface area contributed by atoms with Gasteiger partial charge in [0.25, 0.3) is 5.91 Å². The first kappa shape index (κ1) is 16.3. The first-order chi connectivity index (χ1) is 11.6. The van der Waals surface area contributed by atoms with Gasteiger partial charge in [0.15, 0.2) is 6.10 Å². The number of hydrogen-bond donors (Lipinski definition) is 1. The van der Waals surface area contributed by atoms with E-state index in [-0.39, 0.29) is 11.7 Å². The standard InChI is InChI=1S/C17H19FN4O2/c18-14-9-15(12-20-11-14)21-5-2-6-22(8-7-21)17(24)16(23)13-3-1-4-19-10-13/h1,3-4,9-12,16,23H,2,5-8H2. The van der Waals surface area contributed by atoms with Crippen LogP contribution in [0.3, 0.4) is 0 Å². The van der Waals surface area contributed by atoms with E-state index in [9.17, 15) is 14.3 Å². The van der Waals surface area contributed by atoms with Crippen LogP contribution in [-0.2, 0) is 4.79 Å². The van der Waals surface area contributed by atoms with E-state index in [2.05, 4.69) is 9.97 Å². The van der Waals surface area contributed by atoms with Crippen molar-refractivity contribution >= 4 is 11.6 Å². The fraction of sp³-hybridized carbons (Fsp3) is 0.353. The van der Waals surface area contributed by atoms with Crippen molar-refractivity contribution in [2.75, 3.05) is 31.1 Å². The largest absolute Gasteiger partial charge is 0.378 e. The van der Waals surface area contributed by atoms with E-state index in [1.54, 1.807) is 29.4 Å². The summed E-state index contributed by atoms with van der Waals surface area (Å²) in [6, 6.07) is 4.81. The number of hydrogen-bond acceptors (Lipinski definition) is 5. The summed E-state index contributed by atoms with van der Waals surface area (Å²) in [7, 11) is 0. The lowest BCUT2D eigenvalue weighted by molar-refractivity contribution is -0.140. The Morgan fingerprint density at radius 2 is 2.04 bits per heavy atom. The summed E-state index contributed by atoms with van der Waals surface area (Å²) in [6.45, 7) is 2.29. The number of halogens is 1. The number of nitrogens with zero attached hydrogens (tertiary/aromatic N) is 4. The summed E-state index contributed by atoms with van der Waals surface area (Å²) in [4.78, 5) is 23.9. The molecule has 6 nitrogen and oxygen atoms in total. The molecule has 1 aliphatic rings. The predicted octanol–water partition coefficient (Wildman–Crippen LogP) is 1.39. The number of aliphatic hydroxyl groups is 1. The molecule has 7 heteroatoms. The minimum Gasteiger partial charge on any atom is -0.378 e. The number of pyridine rings is 2. The van der Waals surface area contributed by atoms with Crippen LogP contribution in [0.1, 0.15) is 18.1 Å². The summed E-state index contributed by atoms with van der Waals surface area (Å²) in [6.07, 6.45) is 5.40. The molecule has 1 saturated heterocycles. The summed E-state index contributed by atoms with van der Waals surface area (Å²) in [5.41, 5.74) is 1.19. The van der Waals surface area contributed by atoms with Crippen LogP contribution in [0.4, 0.5) is 10.1 Å². The van der Waals surface area contributed by atoms with Gasteiger partial charge in [-0.05, 0) is 12.5 Å². The highest BCUT2D eigenvalue weighted by Gasteiger charge is 2.26.